The lowest BCUT2D eigenvalue weighted by Gasteiger charge is -2.26. The first-order valence-corrected chi connectivity index (χ1v) is 14.3. The van der Waals surface area contributed by atoms with Crippen LogP contribution in [-0.2, 0) is 10.0 Å². The number of furan rings is 1. The van der Waals surface area contributed by atoms with Crippen LogP contribution in [-0.4, -0.2) is 39.2 Å². The summed E-state index contributed by atoms with van der Waals surface area (Å²) in [4.78, 5) is 13.2. The third-order valence-corrected chi connectivity index (χ3v) is 8.13. The van der Waals surface area contributed by atoms with Crippen LogP contribution in [0, 0.1) is 5.82 Å². The lowest BCUT2D eigenvalue weighted by Crippen LogP contribution is -2.40. The zero-order valence-electron chi connectivity index (χ0n) is 21.9. The Balaban J connectivity index is 1.47. The fourth-order valence-electron chi connectivity index (χ4n) is 5.03. The number of carbonyl (C=O) groups is 1. The molecular formula is C28H26FN5O5S. The van der Waals surface area contributed by atoms with E-state index in [0.29, 0.717) is 50.6 Å². The molecule has 0 saturated heterocycles. The first-order valence-electron chi connectivity index (χ1n) is 12.5. The molecule has 0 radical (unpaired) electrons. The molecule has 10 nitrogen and oxygen atoms in total. The van der Waals surface area contributed by atoms with Crippen molar-refractivity contribution in [1.29, 1.82) is 0 Å². The van der Waals surface area contributed by atoms with Crippen molar-refractivity contribution in [3.05, 3.63) is 89.5 Å². The van der Waals surface area contributed by atoms with E-state index in [2.05, 4.69) is 16.3 Å². The van der Waals surface area contributed by atoms with Gasteiger partial charge in [-0.05, 0) is 61.5 Å². The molecule has 6 rings (SSSR count). The van der Waals surface area contributed by atoms with Gasteiger partial charge in [-0.2, -0.15) is 0 Å². The van der Waals surface area contributed by atoms with Crippen molar-refractivity contribution in [2.24, 2.45) is 0 Å². The second-order valence-corrected chi connectivity index (χ2v) is 11.5. The minimum Gasteiger partial charge on any atom is -0.457 e. The van der Waals surface area contributed by atoms with Gasteiger partial charge in [-0.1, -0.05) is 0 Å². The maximum absolute atomic E-state index is 13.2. The first-order chi connectivity index (χ1) is 19.1. The van der Waals surface area contributed by atoms with Gasteiger partial charge in [-0.15, -0.1) is 5.53 Å². The van der Waals surface area contributed by atoms with Crippen molar-refractivity contribution in [2.75, 3.05) is 24.2 Å². The van der Waals surface area contributed by atoms with Crippen molar-refractivity contribution >= 4 is 32.6 Å². The molecule has 0 spiro atoms. The minimum atomic E-state index is -3.65. The SMILES string of the molecule is CNC(=O)c1c(-c2ccc(Oc3ccc(F)cc3)cc2)oc2cc3c(cc12)[C@@H](C)N1NNC=C1CN3S(C)(=O)=O. The molecule has 4 aromatic rings. The van der Waals surface area contributed by atoms with Gasteiger partial charge in [0.15, 0.2) is 0 Å². The van der Waals surface area contributed by atoms with Crippen molar-refractivity contribution in [3.63, 3.8) is 0 Å². The van der Waals surface area contributed by atoms with Gasteiger partial charge in [-0.25, -0.2) is 12.8 Å². The van der Waals surface area contributed by atoms with Gasteiger partial charge in [-0.3, -0.25) is 14.1 Å². The van der Waals surface area contributed by atoms with Crippen LogP contribution in [0.5, 0.6) is 11.5 Å². The molecule has 206 valence electrons. The number of hydrogen-bond donors (Lipinski definition) is 3. The number of nitrogens with zero attached hydrogens (tertiary/aromatic N) is 2. The molecule has 0 bridgehead atoms. The summed E-state index contributed by atoms with van der Waals surface area (Å²) in [6, 6.07) is 15.9. The zero-order chi connectivity index (χ0) is 28.2. The van der Waals surface area contributed by atoms with Crippen LogP contribution in [0.25, 0.3) is 22.3 Å². The molecule has 0 saturated carbocycles. The number of carbonyl (C=O) groups excluding carboxylic acids is 1. The van der Waals surface area contributed by atoms with Crippen LogP contribution in [0.3, 0.4) is 0 Å². The monoisotopic (exact) mass is 563 g/mol. The van der Waals surface area contributed by atoms with Gasteiger partial charge in [0.25, 0.3) is 5.91 Å². The fourth-order valence-corrected chi connectivity index (χ4v) is 5.91. The second kappa shape index (κ2) is 9.57. The van der Waals surface area contributed by atoms with Crippen LogP contribution in [0.1, 0.15) is 28.9 Å². The van der Waals surface area contributed by atoms with Gasteiger partial charge in [0, 0.05) is 35.8 Å². The second-order valence-electron chi connectivity index (χ2n) is 9.58. The Morgan fingerprint density at radius 3 is 2.42 bits per heavy atom. The standard InChI is InChI=1S/C28H26FN5O5S/c1-16-22-12-23-25(13-24(22)33(40(3,36)37)15-19-14-31-32-34(16)19)39-27(26(23)28(35)30-2)17-4-8-20(9-5-17)38-21-10-6-18(29)7-11-21/h4-14,16,31-32H,15H2,1-3H3,(H,30,35)/t16-/m1/s1. The van der Waals surface area contributed by atoms with Gasteiger partial charge in [0.2, 0.25) is 10.0 Å². The topological polar surface area (TPSA) is 116 Å². The molecule has 1 atom stereocenters. The molecule has 2 aliphatic heterocycles. The maximum atomic E-state index is 13.2. The van der Waals surface area contributed by atoms with E-state index in [1.165, 1.54) is 28.6 Å². The summed E-state index contributed by atoms with van der Waals surface area (Å²) in [6.07, 6.45) is 2.89. The highest BCUT2D eigenvalue weighted by Crippen LogP contribution is 2.43. The molecule has 0 unspecified atom stereocenters. The highest BCUT2D eigenvalue weighted by Gasteiger charge is 2.36. The quantitative estimate of drug-likeness (QED) is 0.327. The molecule has 0 aliphatic carbocycles. The van der Waals surface area contributed by atoms with Crippen LogP contribution in [0.2, 0.25) is 0 Å². The number of ether oxygens (including phenoxy) is 1. The van der Waals surface area contributed by atoms with Crippen LogP contribution < -0.4 is 25.3 Å². The van der Waals surface area contributed by atoms with Crippen molar-refractivity contribution < 1.29 is 26.8 Å². The number of benzene rings is 3. The summed E-state index contributed by atoms with van der Waals surface area (Å²) in [6.45, 7) is 2.07. The van der Waals surface area contributed by atoms with Crippen LogP contribution >= 0.6 is 0 Å². The van der Waals surface area contributed by atoms with Crippen LogP contribution in [0.4, 0.5) is 10.1 Å². The van der Waals surface area contributed by atoms with Gasteiger partial charge in [0.1, 0.15) is 28.7 Å². The number of anilines is 1. The Morgan fingerprint density at radius 1 is 1.10 bits per heavy atom. The summed E-state index contributed by atoms with van der Waals surface area (Å²) in [7, 11) is -2.11. The van der Waals surface area contributed by atoms with E-state index < -0.39 is 10.0 Å². The van der Waals surface area contributed by atoms with Gasteiger partial charge >= 0.3 is 0 Å². The molecule has 1 amide bonds. The van der Waals surface area contributed by atoms with Crippen molar-refractivity contribution in [3.8, 4) is 22.8 Å². The Morgan fingerprint density at radius 2 is 1.77 bits per heavy atom. The average molecular weight is 564 g/mol. The normalized spacial score (nSPS) is 16.6. The zero-order valence-corrected chi connectivity index (χ0v) is 22.7. The lowest BCUT2D eigenvalue weighted by molar-refractivity contribution is 0.0964. The summed E-state index contributed by atoms with van der Waals surface area (Å²) >= 11 is 0. The number of nitrogens with one attached hydrogen (secondary N) is 3. The summed E-state index contributed by atoms with van der Waals surface area (Å²) in [5.41, 5.74) is 9.25. The maximum Gasteiger partial charge on any atom is 0.255 e. The van der Waals surface area contributed by atoms with E-state index in [1.807, 2.05) is 18.0 Å². The fraction of sp³-hybridized carbons (Fsp3) is 0.179. The molecule has 3 heterocycles. The average Bonchev–Trinajstić information content (AvgIpc) is 3.53. The van der Waals surface area contributed by atoms with E-state index in [1.54, 1.807) is 43.6 Å². The number of hydrogen-bond acceptors (Lipinski definition) is 8. The summed E-state index contributed by atoms with van der Waals surface area (Å²) in [5.74, 6) is 0.639. The van der Waals surface area contributed by atoms with Gasteiger partial charge in [0.05, 0.1) is 35.8 Å². The largest absolute Gasteiger partial charge is 0.457 e. The van der Waals surface area contributed by atoms with E-state index in [9.17, 15) is 17.6 Å². The summed E-state index contributed by atoms with van der Waals surface area (Å²) in [5, 5.41) is 5.10. The number of sulfonamides is 1. The summed E-state index contributed by atoms with van der Waals surface area (Å²) < 4.78 is 52.4. The van der Waals surface area contributed by atoms with Gasteiger partial charge < -0.3 is 19.9 Å². The lowest BCUT2D eigenvalue weighted by atomic mass is 9.99. The van der Waals surface area contributed by atoms with E-state index in [-0.39, 0.29) is 24.3 Å². The minimum absolute atomic E-state index is 0.118. The number of rotatable bonds is 5. The van der Waals surface area contributed by atoms with E-state index in [0.717, 1.165) is 12.0 Å². The third-order valence-electron chi connectivity index (χ3n) is 7.00. The van der Waals surface area contributed by atoms with E-state index >= 15 is 0 Å². The smallest absolute Gasteiger partial charge is 0.255 e. The Bertz CT molecular complexity index is 1770. The predicted octanol–water partition coefficient (Wildman–Crippen LogP) is 4.40. The van der Waals surface area contributed by atoms with E-state index in [4.69, 9.17) is 9.15 Å². The molecule has 12 heteroatoms. The van der Waals surface area contributed by atoms with Crippen molar-refractivity contribution in [1.82, 2.24) is 21.3 Å². The van der Waals surface area contributed by atoms with Crippen LogP contribution in [0.15, 0.2) is 77.0 Å². The Labute approximate surface area is 230 Å². The molecule has 0 fully saturated rings. The third kappa shape index (κ3) is 4.40. The molecule has 3 aromatic carbocycles. The number of halogens is 1. The van der Waals surface area contributed by atoms with Crippen molar-refractivity contribution in [2.45, 2.75) is 13.0 Å². The molecule has 2 aliphatic rings. The Hall–Kier alpha value is -4.55. The Kier molecular flexibility index (Phi) is 6.15. The molecule has 3 N–H and O–H groups in total. The highest BCUT2D eigenvalue weighted by atomic mass is 32.2. The number of fused-ring (bicyclic) bond motifs is 3. The first kappa shape index (κ1) is 25.7. The number of hydrazine groups is 2. The molecule has 40 heavy (non-hydrogen) atoms. The number of amides is 1. The highest BCUT2D eigenvalue weighted by molar-refractivity contribution is 7.92. The molecular weight excluding hydrogens is 537 g/mol. The predicted molar refractivity (Wildman–Crippen MR) is 148 cm³/mol. The molecule has 1 aromatic heterocycles.